The van der Waals surface area contributed by atoms with E-state index in [-0.39, 0.29) is 23.8 Å². The van der Waals surface area contributed by atoms with Crippen LogP contribution in [0.1, 0.15) is 246 Å². The van der Waals surface area contributed by atoms with Crippen LogP contribution in [0.3, 0.4) is 0 Å². The Labute approximate surface area is 353 Å². The summed E-state index contributed by atoms with van der Waals surface area (Å²) in [5.74, 6) is 1.07. The van der Waals surface area contributed by atoms with Gasteiger partial charge in [-0.15, -0.1) is 0 Å². The molecule has 1 fully saturated rings. The van der Waals surface area contributed by atoms with Gasteiger partial charge in [-0.3, -0.25) is 19.3 Å². The zero-order valence-electron chi connectivity index (χ0n) is 38.4. The molecule has 0 spiro atoms. The fourth-order valence-electron chi connectivity index (χ4n) is 8.52. The summed E-state index contributed by atoms with van der Waals surface area (Å²) >= 11 is 0. The van der Waals surface area contributed by atoms with E-state index < -0.39 is 0 Å². The van der Waals surface area contributed by atoms with Crippen molar-refractivity contribution in [3.05, 3.63) is 0 Å². The summed E-state index contributed by atoms with van der Waals surface area (Å²) < 4.78 is 17.0. The summed E-state index contributed by atoms with van der Waals surface area (Å²) in [6, 6.07) is 0. The zero-order chi connectivity index (χ0) is 41.4. The molecule has 0 saturated carbocycles. The first-order valence-electron chi connectivity index (χ1n) is 25.1. The van der Waals surface area contributed by atoms with Crippen molar-refractivity contribution in [2.45, 2.75) is 246 Å². The van der Waals surface area contributed by atoms with E-state index in [1.165, 1.54) is 128 Å². The van der Waals surface area contributed by atoms with Crippen molar-refractivity contribution in [3.63, 3.8) is 0 Å². The van der Waals surface area contributed by atoms with Gasteiger partial charge in [0.05, 0.1) is 19.1 Å². The first kappa shape index (κ1) is 53.4. The van der Waals surface area contributed by atoms with Crippen molar-refractivity contribution >= 4 is 17.9 Å². The highest BCUT2D eigenvalue weighted by Gasteiger charge is 2.21. The number of rotatable bonds is 42. The maximum Gasteiger partial charge on any atom is 0.308 e. The Balaban J connectivity index is 2.18. The number of nitrogens with zero attached hydrogens (tertiary/aromatic N) is 1. The SMILES string of the molecule is CCCCC(CCCC)CC(=O)OCCCCCCCCCCC(CCCCCCCCCCOC(=O)CC(CCCC)CCCC)C(=O)OCCN1CCCC1. The standard InChI is InChI=1S/C50H95NO6/c1-5-9-31-45(32-10-6-2)43-48(52)55-40-29-23-19-15-13-17-21-25-35-47(50(54)57-42-39-51-37-27-28-38-51)36-26-22-18-14-16-20-24-30-41-56-49(53)44-46(33-11-7-3)34-12-8-4/h45-47H,5-44H2,1-4H3. The van der Waals surface area contributed by atoms with Crippen molar-refractivity contribution < 1.29 is 28.6 Å². The van der Waals surface area contributed by atoms with E-state index in [0.717, 1.165) is 96.7 Å². The van der Waals surface area contributed by atoms with E-state index in [1.54, 1.807) is 0 Å². The maximum absolute atomic E-state index is 13.2. The molecular formula is C50H95NO6. The lowest BCUT2D eigenvalue weighted by Crippen LogP contribution is -2.27. The smallest absolute Gasteiger partial charge is 0.308 e. The topological polar surface area (TPSA) is 82.1 Å². The molecule has 1 saturated heterocycles. The van der Waals surface area contributed by atoms with Gasteiger partial charge >= 0.3 is 17.9 Å². The first-order valence-corrected chi connectivity index (χ1v) is 25.1. The minimum absolute atomic E-state index is 0.00347. The van der Waals surface area contributed by atoms with Crippen LogP contribution in [-0.2, 0) is 28.6 Å². The normalized spacial score (nSPS) is 13.3. The molecule has 0 unspecified atom stereocenters. The van der Waals surface area contributed by atoms with Crippen LogP contribution >= 0.6 is 0 Å². The first-order chi connectivity index (χ1) is 27.9. The van der Waals surface area contributed by atoms with E-state index in [4.69, 9.17) is 14.2 Å². The molecule has 1 heterocycles. The van der Waals surface area contributed by atoms with Crippen molar-refractivity contribution in [1.29, 1.82) is 0 Å². The van der Waals surface area contributed by atoms with Gasteiger partial charge < -0.3 is 14.2 Å². The van der Waals surface area contributed by atoms with Crippen molar-refractivity contribution in [1.82, 2.24) is 4.90 Å². The number of carbonyl (C=O) groups excluding carboxylic acids is 3. The molecule has 1 rings (SSSR count). The van der Waals surface area contributed by atoms with Crippen LogP contribution in [0, 0.1) is 17.8 Å². The van der Waals surface area contributed by atoms with Crippen molar-refractivity contribution in [2.24, 2.45) is 17.8 Å². The highest BCUT2D eigenvalue weighted by atomic mass is 16.5. The van der Waals surface area contributed by atoms with Gasteiger partial charge in [0.1, 0.15) is 6.61 Å². The summed E-state index contributed by atoms with van der Waals surface area (Å²) in [6.07, 6.45) is 38.4. The number of hydrogen-bond acceptors (Lipinski definition) is 7. The van der Waals surface area contributed by atoms with Crippen LogP contribution in [0.4, 0.5) is 0 Å². The molecule has 1 aliphatic heterocycles. The number of esters is 3. The summed E-state index contributed by atoms with van der Waals surface area (Å²) in [6.45, 7) is 13.7. The minimum Gasteiger partial charge on any atom is -0.466 e. The van der Waals surface area contributed by atoms with E-state index in [0.29, 0.717) is 44.5 Å². The Morgan fingerprint density at radius 2 is 0.772 bits per heavy atom. The minimum atomic E-state index is 0.00347. The molecule has 0 atom stereocenters. The molecule has 0 N–H and O–H groups in total. The fourth-order valence-corrected chi connectivity index (χ4v) is 8.52. The second-order valence-electron chi connectivity index (χ2n) is 17.8. The van der Waals surface area contributed by atoms with Gasteiger partial charge in [0.15, 0.2) is 0 Å². The Morgan fingerprint density at radius 3 is 1.14 bits per heavy atom. The third-order valence-electron chi connectivity index (χ3n) is 12.4. The second-order valence-corrected chi connectivity index (χ2v) is 17.8. The summed E-state index contributed by atoms with van der Waals surface area (Å²) in [5.41, 5.74) is 0. The third-order valence-corrected chi connectivity index (χ3v) is 12.4. The summed E-state index contributed by atoms with van der Waals surface area (Å²) in [5, 5.41) is 0. The molecule has 0 aromatic rings. The zero-order valence-corrected chi connectivity index (χ0v) is 38.4. The van der Waals surface area contributed by atoms with Crippen molar-refractivity contribution in [3.8, 4) is 0 Å². The Kier molecular flexibility index (Phi) is 37.3. The van der Waals surface area contributed by atoms with Gasteiger partial charge in [-0.25, -0.2) is 0 Å². The number of likely N-dealkylation sites (tertiary alicyclic amines) is 1. The highest BCUT2D eigenvalue weighted by molar-refractivity contribution is 5.72. The van der Waals surface area contributed by atoms with Crippen LogP contribution in [0.2, 0.25) is 0 Å². The van der Waals surface area contributed by atoms with Crippen LogP contribution in [-0.4, -0.2) is 62.3 Å². The molecule has 0 aromatic heterocycles. The molecule has 7 nitrogen and oxygen atoms in total. The van der Waals surface area contributed by atoms with Crippen LogP contribution in [0.5, 0.6) is 0 Å². The molecule has 0 radical (unpaired) electrons. The van der Waals surface area contributed by atoms with Gasteiger partial charge in [0, 0.05) is 19.4 Å². The van der Waals surface area contributed by atoms with Crippen molar-refractivity contribution in [2.75, 3.05) is 39.5 Å². The molecule has 0 amide bonds. The summed E-state index contributed by atoms with van der Waals surface area (Å²) in [7, 11) is 0. The second kappa shape index (κ2) is 39.8. The average molecular weight is 806 g/mol. The molecule has 0 aliphatic carbocycles. The Morgan fingerprint density at radius 1 is 0.421 bits per heavy atom. The van der Waals surface area contributed by atoms with E-state index in [2.05, 4.69) is 32.6 Å². The van der Waals surface area contributed by atoms with E-state index in [1.807, 2.05) is 0 Å². The molecule has 7 heteroatoms. The lowest BCUT2D eigenvalue weighted by atomic mass is 9.93. The van der Waals surface area contributed by atoms with Crippen LogP contribution < -0.4 is 0 Å². The highest BCUT2D eigenvalue weighted by Crippen LogP contribution is 2.24. The number of ether oxygens (including phenoxy) is 3. The molecular weight excluding hydrogens is 711 g/mol. The van der Waals surface area contributed by atoms with Crippen LogP contribution in [0.15, 0.2) is 0 Å². The van der Waals surface area contributed by atoms with Gasteiger partial charge in [-0.2, -0.15) is 0 Å². The molecule has 336 valence electrons. The largest absolute Gasteiger partial charge is 0.466 e. The molecule has 57 heavy (non-hydrogen) atoms. The monoisotopic (exact) mass is 806 g/mol. The third kappa shape index (κ3) is 32.9. The van der Waals surface area contributed by atoms with E-state index >= 15 is 0 Å². The van der Waals surface area contributed by atoms with Gasteiger partial charge in [0.25, 0.3) is 0 Å². The van der Waals surface area contributed by atoms with E-state index in [9.17, 15) is 14.4 Å². The number of hydrogen-bond donors (Lipinski definition) is 0. The number of unbranched alkanes of at least 4 members (excludes halogenated alkanes) is 18. The molecule has 1 aliphatic rings. The lowest BCUT2D eigenvalue weighted by Gasteiger charge is -2.18. The van der Waals surface area contributed by atoms with Crippen LogP contribution in [0.25, 0.3) is 0 Å². The van der Waals surface area contributed by atoms with Gasteiger partial charge in [0.2, 0.25) is 0 Å². The average Bonchev–Trinajstić information content (AvgIpc) is 3.73. The predicted octanol–water partition coefficient (Wildman–Crippen LogP) is 14.1. The predicted molar refractivity (Wildman–Crippen MR) is 239 cm³/mol. The molecule has 0 bridgehead atoms. The Hall–Kier alpha value is -1.63. The number of carbonyl (C=O) groups is 3. The Bertz CT molecular complexity index is 848. The quantitative estimate of drug-likeness (QED) is 0.0345. The maximum atomic E-state index is 13.2. The summed E-state index contributed by atoms with van der Waals surface area (Å²) in [4.78, 5) is 40.3. The molecule has 0 aromatic carbocycles. The van der Waals surface area contributed by atoms with Gasteiger partial charge in [-0.1, -0.05) is 169 Å². The lowest BCUT2D eigenvalue weighted by molar-refractivity contribution is -0.149. The van der Waals surface area contributed by atoms with Gasteiger partial charge in [-0.05, 0) is 89.1 Å². The fraction of sp³-hybridized carbons (Fsp3) is 0.940.